The van der Waals surface area contributed by atoms with Gasteiger partial charge >= 0.3 is 0 Å². The number of halogens is 1. The predicted octanol–water partition coefficient (Wildman–Crippen LogP) is 4.49. The molecule has 0 aliphatic carbocycles. The van der Waals surface area contributed by atoms with E-state index in [4.69, 9.17) is 9.47 Å². The lowest BCUT2D eigenvalue weighted by atomic mass is 10.2. The van der Waals surface area contributed by atoms with Crippen molar-refractivity contribution in [1.29, 1.82) is 0 Å². The van der Waals surface area contributed by atoms with Gasteiger partial charge in [-0.1, -0.05) is 0 Å². The highest BCUT2D eigenvalue weighted by atomic mass is 79.9. The summed E-state index contributed by atoms with van der Waals surface area (Å²) in [4.78, 5) is 13.3. The summed E-state index contributed by atoms with van der Waals surface area (Å²) in [5, 5.41) is 2.88. The summed E-state index contributed by atoms with van der Waals surface area (Å²) < 4.78 is 11.5. The molecule has 1 aromatic heterocycles. The predicted molar refractivity (Wildman–Crippen MR) is 93.1 cm³/mol. The van der Waals surface area contributed by atoms with Gasteiger partial charge in [-0.05, 0) is 40.9 Å². The second-order valence-corrected chi connectivity index (χ2v) is 7.26. The molecule has 0 saturated heterocycles. The molecule has 2 aromatic rings. The Morgan fingerprint density at radius 3 is 2.41 bits per heavy atom. The molecule has 0 bridgehead atoms. The first-order chi connectivity index (χ1) is 10.6. The van der Waals surface area contributed by atoms with Crippen LogP contribution in [0.4, 0.5) is 5.69 Å². The second kappa shape index (κ2) is 8.19. The van der Waals surface area contributed by atoms with Crippen LogP contribution in [0.3, 0.4) is 0 Å². The Morgan fingerprint density at radius 2 is 1.86 bits per heavy atom. The van der Waals surface area contributed by atoms with E-state index in [0.717, 1.165) is 16.6 Å². The monoisotopic (exact) mass is 383 g/mol. The average Bonchev–Trinajstić information content (AvgIpc) is 2.92. The van der Waals surface area contributed by atoms with Gasteiger partial charge in [-0.2, -0.15) is 0 Å². The number of anilines is 1. The van der Waals surface area contributed by atoms with Crippen molar-refractivity contribution in [1.82, 2.24) is 0 Å². The van der Waals surface area contributed by atoms with E-state index in [0.29, 0.717) is 23.6 Å². The van der Waals surface area contributed by atoms with Crippen molar-refractivity contribution in [2.24, 2.45) is 0 Å². The number of carbonyl (C=O) groups excluding carboxylic acids is 1. The molecule has 0 spiro atoms. The lowest BCUT2D eigenvalue weighted by Crippen LogP contribution is -2.11. The van der Waals surface area contributed by atoms with Gasteiger partial charge in [0, 0.05) is 35.2 Å². The fourth-order valence-electron chi connectivity index (χ4n) is 2.01. The summed E-state index contributed by atoms with van der Waals surface area (Å²) in [6.45, 7) is 0. The van der Waals surface area contributed by atoms with Crippen LogP contribution >= 0.6 is 27.3 Å². The first-order valence-electron chi connectivity index (χ1n) is 6.88. The van der Waals surface area contributed by atoms with Crippen LogP contribution < -0.4 is 14.8 Å². The van der Waals surface area contributed by atoms with Gasteiger partial charge < -0.3 is 14.8 Å². The molecule has 118 valence electrons. The highest BCUT2D eigenvalue weighted by molar-refractivity contribution is 9.11. The highest BCUT2D eigenvalue weighted by Crippen LogP contribution is 2.26. The van der Waals surface area contributed by atoms with Crippen molar-refractivity contribution in [3.8, 4) is 11.5 Å². The number of carbonyl (C=O) groups is 1. The number of methoxy groups -OCH3 is 2. The van der Waals surface area contributed by atoms with Gasteiger partial charge in [0.15, 0.2) is 0 Å². The molecule has 0 radical (unpaired) electrons. The molecule has 0 unspecified atom stereocenters. The number of aryl methyl sites for hydroxylation is 1. The zero-order valence-corrected chi connectivity index (χ0v) is 14.9. The summed E-state index contributed by atoms with van der Waals surface area (Å²) in [7, 11) is 3.17. The third-order valence-corrected chi connectivity index (χ3v) is 4.77. The Bertz CT molecular complexity index is 620. The van der Waals surface area contributed by atoms with Gasteiger partial charge in [0.05, 0.1) is 18.0 Å². The summed E-state index contributed by atoms with van der Waals surface area (Å²) in [5.74, 6) is 1.29. The summed E-state index contributed by atoms with van der Waals surface area (Å²) >= 11 is 5.15. The van der Waals surface area contributed by atoms with Crippen molar-refractivity contribution < 1.29 is 14.3 Å². The van der Waals surface area contributed by atoms with Gasteiger partial charge in [0.25, 0.3) is 0 Å². The smallest absolute Gasteiger partial charge is 0.224 e. The zero-order chi connectivity index (χ0) is 15.9. The second-order valence-electron chi connectivity index (χ2n) is 4.71. The van der Waals surface area contributed by atoms with E-state index < -0.39 is 0 Å². The molecule has 0 aliphatic rings. The first kappa shape index (κ1) is 16.8. The minimum absolute atomic E-state index is 0.00840. The van der Waals surface area contributed by atoms with Crippen molar-refractivity contribution in [2.75, 3.05) is 19.5 Å². The van der Waals surface area contributed by atoms with E-state index in [-0.39, 0.29) is 5.91 Å². The van der Waals surface area contributed by atoms with Gasteiger partial charge in [0.2, 0.25) is 5.91 Å². The minimum atomic E-state index is -0.00840. The maximum atomic E-state index is 12.0. The number of hydrogen-bond acceptors (Lipinski definition) is 4. The molecular formula is C16H18BrNO3S. The van der Waals surface area contributed by atoms with Gasteiger partial charge in [-0.25, -0.2) is 0 Å². The molecule has 4 nitrogen and oxygen atoms in total. The summed E-state index contributed by atoms with van der Waals surface area (Å²) in [6.07, 6.45) is 2.21. The quantitative estimate of drug-likeness (QED) is 0.765. The number of hydrogen-bond donors (Lipinski definition) is 1. The number of thiophene rings is 1. The maximum Gasteiger partial charge on any atom is 0.224 e. The van der Waals surface area contributed by atoms with Crippen molar-refractivity contribution >= 4 is 38.9 Å². The molecule has 1 heterocycles. The van der Waals surface area contributed by atoms with Crippen molar-refractivity contribution in [2.45, 2.75) is 19.3 Å². The molecule has 6 heteroatoms. The lowest BCUT2D eigenvalue weighted by Gasteiger charge is -2.09. The van der Waals surface area contributed by atoms with Crippen molar-refractivity contribution in [3.63, 3.8) is 0 Å². The van der Waals surface area contributed by atoms with Crippen molar-refractivity contribution in [3.05, 3.63) is 39.0 Å². The fraction of sp³-hybridized carbons (Fsp3) is 0.312. The third kappa shape index (κ3) is 5.03. The van der Waals surface area contributed by atoms with E-state index in [1.54, 1.807) is 43.8 Å². The molecule has 22 heavy (non-hydrogen) atoms. The molecule has 1 amide bonds. The van der Waals surface area contributed by atoms with E-state index in [1.165, 1.54) is 4.88 Å². The van der Waals surface area contributed by atoms with Crippen LogP contribution in [0.15, 0.2) is 34.1 Å². The normalized spacial score (nSPS) is 10.3. The van der Waals surface area contributed by atoms with Crippen LogP contribution in [-0.2, 0) is 11.2 Å². The minimum Gasteiger partial charge on any atom is -0.497 e. The number of ether oxygens (including phenoxy) is 2. The molecule has 0 aliphatic heterocycles. The molecule has 0 saturated carbocycles. The van der Waals surface area contributed by atoms with Gasteiger partial charge in [-0.15, -0.1) is 11.3 Å². The molecule has 0 fully saturated rings. The van der Waals surface area contributed by atoms with Gasteiger partial charge in [-0.3, -0.25) is 4.79 Å². The van der Waals surface area contributed by atoms with Crippen LogP contribution in [0.1, 0.15) is 17.7 Å². The summed E-state index contributed by atoms with van der Waals surface area (Å²) in [5.41, 5.74) is 0.681. The highest BCUT2D eigenvalue weighted by Gasteiger charge is 2.07. The molecule has 1 aromatic carbocycles. The molecule has 2 rings (SSSR count). The number of benzene rings is 1. The molecular weight excluding hydrogens is 366 g/mol. The average molecular weight is 384 g/mol. The Kier molecular flexibility index (Phi) is 6.27. The summed E-state index contributed by atoms with van der Waals surface area (Å²) in [6, 6.07) is 9.43. The lowest BCUT2D eigenvalue weighted by molar-refractivity contribution is -0.116. The Balaban J connectivity index is 1.86. The van der Waals surface area contributed by atoms with Crippen LogP contribution in [0.25, 0.3) is 0 Å². The van der Waals surface area contributed by atoms with Crippen LogP contribution in [-0.4, -0.2) is 20.1 Å². The van der Waals surface area contributed by atoms with Gasteiger partial charge in [0.1, 0.15) is 11.5 Å². The standard InChI is InChI=1S/C16H18BrNO3S/c1-20-12-8-11(9-13(10-12)21-2)18-16(19)5-3-4-14-6-7-15(17)22-14/h6-10H,3-5H2,1-2H3,(H,18,19). The number of nitrogens with one attached hydrogen (secondary N) is 1. The Morgan fingerprint density at radius 1 is 1.18 bits per heavy atom. The molecule has 0 atom stereocenters. The number of rotatable bonds is 7. The topological polar surface area (TPSA) is 47.6 Å². The van der Waals surface area contributed by atoms with E-state index in [9.17, 15) is 4.79 Å². The maximum absolute atomic E-state index is 12.0. The van der Waals surface area contributed by atoms with Crippen LogP contribution in [0, 0.1) is 0 Å². The molecule has 1 N–H and O–H groups in total. The first-order valence-corrected chi connectivity index (χ1v) is 8.49. The van der Waals surface area contributed by atoms with E-state index >= 15 is 0 Å². The van der Waals surface area contributed by atoms with E-state index in [1.807, 2.05) is 6.07 Å². The fourth-order valence-corrected chi connectivity index (χ4v) is 3.54. The van der Waals surface area contributed by atoms with Crippen LogP contribution in [0.5, 0.6) is 11.5 Å². The van der Waals surface area contributed by atoms with Crippen LogP contribution in [0.2, 0.25) is 0 Å². The SMILES string of the molecule is COc1cc(NC(=O)CCCc2ccc(Br)s2)cc(OC)c1. The third-order valence-electron chi connectivity index (χ3n) is 3.09. The Labute approximate surface area is 142 Å². The van der Waals surface area contributed by atoms with E-state index in [2.05, 4.69) is 27.3 Å². The number of amides is 1. The largest absolute Gasteiger partial charge is 0.497 e. The Hall–Kier alpha value is -1.53. The zero-order valence-electron chi connectivity index (χ0n) is 12.5.